The molecule has 4 nitrogen and oxygen atoms in total. The minimum Gasteiger partial charge on any atom is -0.372 e. The Morgan fingerprint density at radius 3 is 2.93 bits per heavy atom. The molecule has 2 N–H and O–H groups in total. The van der Waals surface area contributed by atoms with Gasteiger partial charge in [-0.2, -0.15) is 0 Å². The van der Waals surface area contributed by atoms with Crippen LogP contribution >= 0.6 is 12.4 Å². The van der Waals surface area contributed by atoms with E-state index in [-0.39, 0.29) is 24.4 Å². The summed E-state index contributed by atoms with van der Waals surface area (Å²) in [5.74, 6) is 0.714. The topological polar surface area (TPSA) is 50.4 Å². The van der Waals surface area contributed by atoms with Crippen LogP contribution in [0.1, 0.15) is 19.8 Å². The van der Waals surface area contributed by atoms with Crippen molar-refractivity contribution in [3.05, 3.63) is 0 Å². The third kappa shape index (κ3) is 5.35. The fourth-order valence-corrected chi connectivity index (χ4v) is 1.61. The lowest BCUT2D eigenvalue weighted by molar-refractivity contribution is -0.130. The van der Waals surface area contributed by atoms with Gasteiger partial charge in [0.15, 0.2) is 0 Å². The zero-order valence-corrected chi connectivity index (χ0v) is 10.2. The lowest BCUT2D eigenvalue weighted by atomic mass is 10.1. The first-order valence-electron chi connectivity index (χ1n) is 5.25. The molecule has 1 rings (SSSR count). The quantitative estimate of drug-likeness (QED) is 0.734. The highest BCUT2D eigenvalue weighted by atomic mass is 35.5. The Morgan fingerprint density at radius 1 is 1.67 bits per heavy atom. The second-order valence-electron chi connectivity index (χ2n) is 3.82. The van der Waals surface area contributed by atoms with Gasteiger partial charge in [-0.1, -0.05) is 0 Å². The predicted octanol–water partition coefficient (Wildman–Crippen LogP) is 0.559. The molecule has 15 heavy (non-hydrogen) atoms. The van der Waals surface area contributed by atoms with Crippen molar-refractivity contribution in [1.29, 1.82) is 0 Å². The van der Waals surface area contributed by atoms with E-state index >= 15 is 0 Å². The van der Waals surface area contributed by atoms with E-state index < -0.39 is 0 Å². The van der Waals surface area contributed by atoms with Crippen molar-refractivity contribution in [2.24, 2.45) is 5.92 Å². The van der Waals surface area contributed by atoms with Gasteiger partial charge in [-0.3, -0.25) is 4.79 Å². The van der Waals surface area contributed by atoms with Crippen LogP contribution < -0.4 is 10.6 Å². The van der Waals surface area contributed by atoms with Crippen molar-refractivity contribution in [2.45, 2.75) is 25.9 Å². The molecule has 0 aromatic rings. The molecule has 0 aromatic carbocycles. The first-order valence-corrected chi connectivity index (χ1v) is 5.25. The number of hydrogen-bond donors (Lipinski definition) is 2. The monoisotopic (exact) mass is 236 g/mol. The average molecular weight is 237 g/mol. The number of hydrogen-bond acceptors (Lipinski definition) is 3. The maximum absolute atomic E-state index is 11.3. The first kappa shape index (κ1) is 14.7. The zero-order chi connectivity index (χ0) is 10.4. The third-order valence-corrected chi connectivity index (χ3v) is 2.74. The summed E-state index contributed by atoms with van der Waals surface area (Å²) in [5, 5.41) is 6.18. The summed E-state index contributed by atoms with van der Waals surface area (Å²) >= 11 is 0. The summed E-state index contributed by atoms with van der Waals surface area (Å²) < 4.78 is 4.91. The zero-order valence-electron chi connectivity index (χ0n) is 9.41. The summed E-state index contributed by atoms with van der Waals surface area (Å²) in [4.78, 5) is 11.3. The summed E-state index contributed by atoms with van der Waals surface area (Å²) in [5.41, 5.74) is 0. The molecule has 1 fully saturated rings. The Bertz CT molecular complexity index is 184. The minimum absolute atomic E-state index is 0. The van der Waals surface area contributed by atoms with Gasteiger partial charge >= 0.3 is 0 Å². The minimum atomic E-state index is -0.336. The molecule has 0 aliphatic carbocycles. The number of amides is 1. The van der Waals surface area contributed by atoms with E-state index in [9.17, 15) is 4.79 Å². The van der Waals surface area contributed by atoms with Crippen molar-refractivity contribution in [1.82, 2.24) is 10.6 Å². The normalized spacial score (nSPS) is 21.9. The lowest BCUT2D eigenvalue weighted by Gasteiger charge is -2.12. The fourth-order valence-electron chi connectivity index (χ4n) is 1.61. The van der Waals surface area contributed by atoms with Crippen LogP contribution in [-0.4, -0.2) is 38.8 Å². The maximum atomic E-state index is 11.3. The largest absolute Gasteiger partial charge is 0.372 e. The van der Waals surface area contributed by atoms with Crippen molar-refractivity contribution in [2.75, 3.05) is 26.7 Å². The molecule has 1 amide bonds. The van der Waals surface area contributed by atoms with Crippen molar-refractivity contribution in [3.8, 4) is 0 Å². The maximum Gasteiger partial charge on any atom is 0.248 e. The summed E-state index contributed by atoms with van der Waals surface area (Å²) in [6.45, 7) is 4.73. The fraction of sp³-hybridized carbons (Fsp3) is 0.900. The van der Waals surface area contributed by atoms with Gasteiger partial charge in [-0.05, 0) is 38.8 Å². The highest BCUT2D eigenvalue weighted by Gasteiger charge is 2.15. The second kappa shape index (κ2) is 7.91. The number of ether oxygens (including phenoxy) is 1. The molecule has 1 aliphatic rings. The molecule has 2 atom stereocenters. The molecule has 5 heteroatoms. The standard InChI is InChI=1S/C10H20N2O2.ClH/c1-8(14-2)10(13)12-6-4-9-3-5-11-7-9;/h8-9,11H,3-7H2,1-2H3,(H,12,13);1H. The molecule has 0 aromatic heterocycles. The van der Waals surface area contributed by atoms with E-state index in [0.717, 1.165) is 32.0 Å². The van der Waals surface area contributed by atoms with Gasteiger partial charge in [0.25, 0.3) is 0 Å². The van der Waals surface area contributed by atoms with Crippen molar-refractivity contribution < 1.29 is 9.53 Å². The average Bonchev–Trinajstić information content (AvgIpc) is 2.69. The highest BCUT2D eigenvalue weighted by Crippen LogP contribution is 2.10. The molecule has 0 radical (unpaired) electrons. The van der Waals surface area contributed by atoms with E-state index in [1.165, 1.54) is 6.42 Å². The Balaban J connectivity index is 0.00000196. The molecule has 90 valence electrons. The molecular formula is C10H21ClN2O2. The molecule has 1 heterocycles. The first-order chi connectivity index (χ1) is 6.74. The Kier molecular flexibility index (Phi) is 7.74. The Labute approximate surface area is 97.5 Å². The number of carbonyl (C=O) groups is 1. The molecule has 0 saturated carbocycles. The van der Waals surface area contributed by atoms with Crippen molar-refractivity contribution >= 4 is 18.3 Å². The molecule has 1 saturated heterocycles. The van der Waals surface area contributed by atoms with Gasteiger partial charge in [-0.15, -0.1) is 12.4 Å². The van der Waals surface area contributed by atoms with Gasteiger partial charge in [0, 0.05) is 13.7 Å². The Hall–Kier alpha value is -0.320. The Morgan fingerprint density at radius 2 is 2.40 bits per heavy atom. The van der Waals surface area contributed by atoms with Crippen LogP contribution in [0, 0.1) is 5.92 Å². The van der Waals surface area contributed by atoms with Crippen LogP contribution in [0.2, 0.25) is 0 Å². The number of methoxy groups -OCH3 is 1. The van der Waals surface area contributed by atoms with Gasteiger partial charge in [0.1, 0.15) is 6.10 Å². The number of halogens is 1. The lowest BCUT2D eigenvalue weighted by Crippen LogP contribution is -2.35. The third-order valence-electron chi connectivity index (χ3n) is 2.74. The highest BCUT2D eigenvalue weighted by molar-refractivity contribution is 5.85. The molecular weight excluding hydrogens is 216 g/mol. The SMILES string of the molecule is COC(C)C(=O)NCCC1CCNC1.Cl. The molecule has 0 spiro atoms. The van der Waals surface area contributed by atoms with Gasteiger partial charge in [-0.25, -0.2) is 0 Å². The van der Waals surface area contributed by atoms with E-state index in [4.69, 9.17) is 4.74 Å². The van der Waals surface area contributed by atoms with Gasteiger partial charge < -0.3 is 15.4 Å². The summed E-state index contributed by atoms with van der Waals surface area (Å²) in [7, 11) is 1.55. The van der Waals surface area contributed by atoms with Crippen LogP contribution in [0.4, 0.5) is 0 Å². The predicted molar refractivity (Wildman–Crippen MR) is 62.3 cm³/mol. The van der Waals surface area contributed by atoms with E-state index in [2.05, 4.69) is 10.6 Å². The molecule has 1 aliphatic heterocycles. The summed E-state index contributed by atoms with van der Waals surface area (Å²) in [6.07, 6.45) is 1.96. The number of rotatable bonds is 5. The molecule has 2 unspecified atom stereocenters. The molecule has 0 bridgehead atoms. The smallest absolute Gasteiger partial charge is 0.248 e. The van der Waals surface area contributed by atoms with Gasteiger partial charge in [0.05, 0.1) is 0 Å². The van der Waals surface area contributed by atoms with E-state index in [1.807, 2.05) is 0 Å². The summed E-state index contributed by atoms with van der Waals surface area (Å²) in [6, 6.07) is 0. The van der Waals surface area contributed by atoms with Crippen LogP contribution in [0.3, 0.4) is 0 Å². The van der Waals surface area contributed by atoms with Crippen LogP contribution in [0.5, 0.6) is 0 Å². The second-order valence-corrected chi connectivity index (χ2v) is 3.82. The van der Waals surface area contributed by atoms with E-state index in [1.54, 1.807) is 14.0 Å². The van der Waals surface area contributed by atoms with Gasteiger partial charge in [0.2, 0.25) is 5.91 Å². The number of carbonyl (C=O) groups excluding carboxylic acids is 1. The van der Waals surface area contributed by atoms with Crippen LogP contribution in [-0.2, 0) is 9.53 Å². The van der Waals surface area contributed by atoms with Crippen molar-refractivity contribution in [3.63, 3.8) is 0 Å². The number of nitrogens with one attached hydrogen (secondary N) is 2. The van der Waals surface area contributed by atoms with E-state index in [0.29, 0.717) is 0 Å². The van der Waals surface area contributed by atoms with Crippen LogP contribution in [0.15, 0.2) is 0 Å². The van der Waals surface area contributed by atoms with Crippen LogP contribution in [0.25, 0.3) is 0 Å².